The summed E-state index contributed by atoms with van der Waals surface area (Å²) in [4.78, 5) is 2.72. The summed E-state index contributed by atoms with van der Waals surface area (Å²) < 4.78 is 5.69. The molecule has 0 bridgehead atoms. The molecule has 1 aliphatic rings. The van der Waals surface area contributed by atoms with Gasteiger partial charge in [0.05, 0.1) is 9.79 Å². The van der Waals surface area contributed by atoms with E-state index >= 15 is 0 Å². The molecule has 2 nitrogen and oxygen atoms in total. The van der Waals surface area contributed by atoms with Gasteiger partial charge < -0.3 is 9.84 Å². The third-order valence-electron chi connectivity index (χ3n) is 2.34. The van der Waals surface area contributed by atoms with Crippen LogP contribution >= 0.6 is 24.4 Å². The lowest BCUT2D eigenvalue weighted by Crippen LogP contribution is -1.95. The van der Waals surface area contributed by atoms with Gasteiger partial charge in [-0.2, -0.15) is 0 Å². The highest BCUT2D eigenvalue weighted by Gasteiger charge is 2.21. The van der Waals surface area contributed by atoms with Crippen LogP contribution in [-0.2, 0) is 0 Å². The minimum Gasteiger partial charge on any atom is -0.504 e. The van der Waals surface area contributed by atoms with E-state index < -0.39 is 0 Å². The smallest absolute Gasteiger partial charge is 0.183 e. The zero-order chi connectivity index (χ0) is 11.1. The molecule has 0 atom stereocenters. The van der Waals surface area contributed by atoms with E-state index in [0.29, 0.717) is 11.5 Å². The van der Waals surface area contributed by atoms with Crippen molar-refractivity contribution in [3.8, 4) is 17.2 Å². The first-order chi connectivity index (χ1) is 7.75. The molecule has 0 spiro atoms. The summed E-state index contributed by atoms with van der Waals surface area (Å²) in [6.07, 6.45) is 0. The number of phenolic OH excluding ortho intramolecular Hbond substituents is 1. The first-order valence-corrected chi connectivity index (χ1v) is 6.02. The van der Waals surface area contributed by atoms with E-state index in [4.69, 9.17) is 4.74 Å². The maximum Gasteiger partial charge on any atom is 0.183 e. The summed E-state index contributed by atoms with van der Waals surface area (Å²) in [7, 11) is 0. The SMILES string of the molecule is Oc1cccc2c1Oc1c(S)cccc1S2. The van der Waals surface area contributed by atoms with Gasteiger partial charge in [-0.05, 0) is 24.3 Å². The lowest BCUT2D eigenvalue weighted by molar-refractivity contribution is 0.389. The average molecular weight is 248 g/mol. The maximum absolute atomic E-state index is 9.71. The molecule has 0 saturated carbocycles. The summed E-state index contributed by atoms with van der Waals surface area (Å²) in [6, 6.07) is 11.1. The van der Waals surface area contributed by atoms with Gasteiger partial charge in [0, 0.05) is 4.90 Å². The number of phenols is 1. The summed E-state index contributed by atoms with van der Waals surface area (Å²) in [5.41, 5.74) is 0. The Labute approximate surface area is 103 Å². The molecule has 0 aliphatic carbocycles. The van der Waals surface area contributed by atoms with Gasteiger partial charge in [0.15, 0.2) is 17.2 Å². The summed E-state index contributed by atoms with van der Waals surface area (Å²) in [5, 5.41) is 9.71. The van der Waals surface area contributed by atoms with Crippen LogP contribution in [-0.4, -0.2) is 5.11 Å². The predicted molar refractivity (Wildman–Crippen MR) is 66.0 cm³/mol. The first kappa shape index (κ1) is 9.93. The molecule has 2 aromatic rings. The van der Waals surface area contributed by atoms with Crippen molar-refractivity contribution in [2.75, 3.05) is 0 Å². The van der Waals surface area contributed by atoms with E-state index in [0.717, 1.165) is 14.7 Å². The minimum atomic E-state index is 0.159. The fraction of sp³-hybridized carbons (Fsp3) is 0. The van der Waals surface area contributed by atoms with Crippen LogP contribution in [0.5, 0.6) is 17.2 Å². The monoisotopic (exact) mass is 248 g/mol. The first-order valence-electron chi connectivity index (χ1n) is 4.75. The molecule has 0 fully saturated rings. The molecule has 0 unspecified atom stereocenters. The quantitative estimate of drug-likeness (QED) is 0.591. The molecule has 4 heteroatoms. The van der Waals surface area contributed by atoms with E-state index in [-0.39, 0.29) is 5.75 Å². The van der Waals surface area contributed by atoms with E-state index in [1.807, 2.05) is 24.3 Å². The van der Waals surface area contributed by atoms with Crippen LogP contribution in [0, 0.1) is 0 Å². The highest BCUT2D eigenvalue weighted by atomic mass is 32.2. The van der Waals surface area contributed by atoms with Crippen LogP contribution < -0.4 is 4.74 Å². The van der Waals surface area contributed by atoms with E-state index in [1.165, 1.54) is 0 Å². The van der Waals surface area contributed by atoms with Crippen LogP contribution in [0.15, 0.2) is 51.1 Å². The van der Waals surface area contributed by atoms with Crippen LogP contribution in [0.25, 0.3) is 0 Å². The number of benzene rings is 2. The van der Waals surface area contributed by atoms with Gasteiger partial charge in [0.2, 0.25) is 0 Å². The van der Waals surface area contributed by atoms with Crippen molar-refractivity contribution in [3.63, 3.8) is 0 Å². The molecule has 1 N–H and O–H groups in total. The molecule has 0 saturated heterocycles. The molecule has 0 amide bonds. The van der Waals surface area contributed by atoms with Gasteiger partial charge in [-0.25, -0.2) is 0 Å². The maximum atomic E-state index is 9.71. The van der Waals surface area contributed by atoms with Crippen LogP contribution in [0.4, 0.5) is 0 Å². The van der Waals surface area contributed by atoms with E-state index in [2.05, 4.69) is 12.6 Å². The Hall–Kier alpha value is -1.26. The topological polar surface area (TPSA) is 29.5 Å². The highest BCUT2D eigenvalue weighted by molar-refractivity contribution is 7.99. The van der Waals surface area contributed by atoms with Gasteiger partial charge in [-0.15, -0.1) is 12.6 Å². The number of thiol groups is 1. The third-order valence-corrected chi connectivity index (χ3v) is 3.78. The standard InChI is InChI=1S/C12H8O2S2/c13-7-3-1-5-9-11(7)14-12-8(15)4-2-6-10(12)16-9/h1-6,13,15H. The van der Waals surface area contributed by atoms with E-state index in [1.54, 1.807) is 23.9 Å². The fourth-order valence-corrected chi connectivity index (χ4v) is 2.94. The summed E-state index contributed by atoms with van der Waals surface area (Å²) >= 11 is 5.92. The Balaban J connectivity index is 2.17. The lowest BCUT2D eigenvalue weighted by atomic mass is 10.3. The van der Waals surface area contributed by atoms with Crippen molar-refractivity contribution >= 4 is 24.4 Å². The van der Waals surface area contributed by atoms with Crippen molar-refractivity contribution < 1.29 is 9.84 Å². The molecular formula is C12H8O2S2. The van der Waals surface area contributed by atoms with Crippen molar-refractivity contribution in [2.24, 2.45) is 0 Å². The minimum absolute atomic E-state index is 0.159. The van der Waals surface area contributed by atoms with Gasteiger partial charge in [0.1, 0.15) is 0 Å². The molecule has 0 aromatic heterocycles. The van der Waals surface area contributed by atoms with Crippen molar-refractivity contribution in [1.82, 2.24) is 0 Å². The normalized spacial score (nSPS) is 12.6. The average Bonchev–Trinajstić information content (AvgIpc) is 2.28. The van der Waals surface area contributed by atoms with Gasteiger partial charge in [0.25, 0.3) is 0 Å². The Morgan fingerprint density at radius 3 is 2.50 bits per heavy atom. The zero-order valence-electron chi connectivity index (χ0n) is 8.18. The fourth-order valence-electron chi connectivity index (χ4n) is 1.59. The number of ether oxygens (including phenoxy) is 1. The van der Waals surface area contributed by atoms with Crippen LogP contribution in [0.2, 0.25) is 0 Å². The predicted octanol–water partition coefficient (Wildman–Crippen LogP) is 3.94. The third kappa shape index (κ3) is 1.45. The summed E-state index contributed by atoms with van der Waals surface area (Å²) in [5.74, 6) is 1.39. The Kier molecular flexibility index (Phi) is 2.26. The molecule has 80 valence electrons. The van der Waals surface area contributed by atoms with Crippen molar-refractivity contribution in [2.45, 2.75) is 14.7 Å². The molecule has 16 heavy (non-hydrogen) atoms. The molecule has 2 aromatic carbocycles. The second kappa shape index (κ2) is 3.64. The summed E-state index contributed by atoms with van der Waals surface area (Å²) in [6.45, 7) is 0. The number of rotatable bonds is 0. The second-order valence-corrected chi connectivity index (χ2v) is 4.98. The van der Waals surface area contributed by atoms with Gasteiger partial charge in [-0.1, -0.05) is 23.9 Å². The molecule has 1 aliphatic heterocycles. The molecule has 3 rings (SSSR count). The Morgan fingerprint density at radius 1 is 1.00 bits per heavy atom. The number of fused-ring (bicyclic) bond motifs is 2. The van der Waals surface area contributed by atoms with E-state index in [9.17, 15) is 5.11 Å². The van der Waals surface area contributed by atoms with Gasteiger partial charge >= 0.3 is 0 Å². The van der Waals surface area contributed by atoms with Gasteiger partial charge in [-0.3, -0.25) is 0 Å². The van der Waals surface area contributed by atoms with Crippen LogP contribution in [0.1, 0.15) is 0 Å². The highest BCUT2D eigenvalue weighted by Crippen LogP contribution is 2.51. The molecular weight excluding hydrogens is 240 g/mol. The Morgan fingerprint density at radius 2 is 1.69 bits per heavy atom. The number of hydrogen-bond acceptors (Lipinski definition) is 4. The Bertz CT molecular complexity index is 517. The van der Waals surface area contributed by atoms with Crippen molar-refractivity contribution in [1.29, 1.82) is 0 Å². The largest absolute Gasteiger partial charge is 0.504 e. The molecule has 1 heterocycles. The number of para-hydroxylation sites is 2. The number of aromatic hydroxyl groups is 1. The number of hydrogen-bond donors (Lipinski definition) is 2. The molecule has 0 radical (unpaired) electrons. The zero-order valence-corrected chi connectivity index (χ0v) is 9.89. The lowest BCUT2D eigenvalue weighted by Gasteiger charge is -2.21. The second-order valence-electron chi connectivity index (χ2n) is 3.41. The van der Waals surface area contributed by atoms with Crippen molar-refractivity contribution in [3.05, 3.63) is 36.4 Å². The van der Waals surface area contributed by atoms with Crippen LogP contribution in [0.3, 0.4) is 0 Å².